The predicted molar refractivity (Wildman–Crippen MR) is 139 cm³/mol. The molecule has 2 aromatic carbocycles. The lowest BCUT2D eigenvalue weighted by molar-refractivity contribution is -0.136. The molecule has 0 saturated carbocycles. The summed E-state index contributed by atoms with van der Waals surface area (Å²) in [6.45, 7) is 2.25. The summed E-state index contributed by atoms with van der Waals surface area (Å²) in [4.78, 5) is 26.7. The van der Waals surface area contributed by atoms with Gasteiger partial charge in [0.2, 0.25) is 5.88 Å². The lowest BCUT2D eigenvalue weighted by Crippen LogP contribution is -2.35. The zero-order valence-corrected chi connectivity index (χ0v) is 22.0. The van der Waals surface area contributed by atoms with E-state index in [1.807, 2.05) is 49.4 Å². The average Bonchev–Trinajstić information content (AvgIpc) is 2.87. The first-order chi connectivity index (χ1) is 17.3. The number of ether oxygens (including phenoxy) is 4. The highest BCUT2D eigenvalue weighted by Crippen LogP contribution is 2.41. The number of carbonyl (C=O) groups is 1. The highest BCUT2D eigenvalue weighted by molar-refractivity contribution is 9.10. The monoisotopic (exact) mass is 554 g/mol. The van der Waals surface area contributed by atoms with Gasteiger partial charge in [-0.2, -0.15) is 0 Å². The van der Waals surface area contributed by atoms with Crippen LogP contribution in [-0.4, -0.2) is 31.9 Å². The van der Waals surface area contributed by atoms with Gasteiger partial charge in [-0.25, -0.2) is 4.79 Å². The lowest BCUT2D eigenvalue weighted by atomic mass is 9.83. The Morgan fingerprint density at radius 3 is 2.39 bits per heavy atom. The van der Waals surface area contributed by atoms with Crippen LogP contribution in [-0.2, 0) is 22.5 Å². The number of hydrogen-bond acceptors (Lipinski definition) is 7. The maximum Gasteiger partial charge on any atom is 0.340 e. The third kappa shape index (κ3) is 4.70. The van der Waals surface area contributed by atoms with Gasteiger partial charge in [0.05, 0.1) is 32.8 Å². The second-order valence-electron chi connectivity index (χ2n) is 8.32. The standard InChI is InChI=1S/C27H27BrN2O6/c1-15-13-21-23(26(31)30(15)12-11-16-5-10-19(33-2)20(14-16)34-3)22(17-6-8-18(28)9-7-17)24(25(29)36-21)27(32)35-4/h5-10,13-14,22H,11-12,29H2,1-4H3. The van der Waals surface area contributed by atoms with Gasteiger partial charge in [-0.05, 0) is 48.7 Å². The molecular formula is C27H27BrN2O6. The van der Waals surface area contributed by atoms with Gasteiger partial charge in [-0.1, -0.05) is 34.1 Å². The number of nitrogens with two attached hydrogens (primary N) is 1. The molecular weight excluding hydrogens is 528 g/mol. The first-order valence-corrected chi connectivity index (χ1v) is 12.0. The third-order valence-corrected chi connectivity index (χ3v) is 6.78. The first-order valence-electron chi connectivity index (χ1n) is 11.3. The highest BCUT2D eigenvalue weighted by atomic mass is 79.9. The Balaban J connectivity index is 1.79. The normalized spacial score (nSPS) is 14.6. The number of aromatic nitrogens is 1. The van der Waals surface area contributed by atoms with Crippen molar-refractivity contribution in [2.45, 2.75) is 25.8 Å². The number of rotatable bonds is 7. The number of halogens is 1. The minimum Gasteiger partial charge on any atom is -0.493 e. The molecule has 0 saturated heterocycles. The van der Waals surface area contributed by atoms with Gasteiger partial charge in [0.25, 0.3) is 5.56 Å². The van der Waals surface area contributed by atoms with Crippen LogP contribution in [0.25, 0.3) is 0 Å². The number of pyridine rings is 1. The average molecular weight is 555 g/mol. The van der Waals surface area contributed by atoms with Crippen LogP contribution in [0.5, 0.6) is 17.2 Å². The summed E-state index contributed by atoms with van der Waals surface area (Å²) in [6, 6.07) is 14.8. The van der Waals surface area contributed by atoms with Crippen molar-refractivity contribution in [2.24, 2.45) is 5.73 Å². The fourth-order valence-corrected chi connectivity index (χ4v) is 4.70. The van der Waals surface area contributed by atoms with Gasteiger partial charge < -0.3 is 29.2 Å². The zero-order valence-electron chi connectivity index (χ0n) is 20.5. The highest BCUT2D eigenvalue weighted by Gasteiger charge is 2.38. The van der Waals surface area contributed by atoms with Crippen molar-refractivity contribution < 1.29 is 23.7 Å². The largest absolute Gasteiger partial charge is 0.493 e. The molecule has 1 unspecified atom stereocenters. The first kappa shape index (κ1) is 25.4. The van der Waals surface area contributed by atoms with E-state index in [9.17, 15) is 9.59 Å². The molecule has 0 amide bonds. The summed E-state index contributed by atoms with van der Waals surface area (Å²) in [6.07, 6.45) is 0.575. The van der Waals surface area contributed by atoms with Crippen LogP contribution in [0, 0.1) is 6.92 Å². The van der Waals surface area contributed by atoms with Crippen molar-refractivity contribution in [2.75, 3.05) is 21.3 Å². The van der Waals surface area contributed by atoms with E-state index >= 15 is 0 Å². The number of esters is 1. The molecule has 0 aliphatic carbocycles. The maximum absolute atomic E-state index is 13.9. The van der Waals surface area contributed by atoms with Crippen LogP contribution in [0.2, 0.25) is 0 Å². The van der Waals surface area contributed by atoms with E-state index in [-0.39, 0.29) is 17.0 Å². The van der Waals surface area contributed by atoms with Crippen molar-refractivity contribution in [3.63, 3.8) is 0 Å². The van der Waals surface area contributed by atoms with Gasteiger partial charge >= 0.3 is 5.97 Å². The molecule has 9 heteroatoms. The van der Waals surface area contributed by atoms with E-state index in [1.54, 1.807) is 24.9 Å². The van der Waals surface area contributed by atoms with Crippen LogP contribution in [0.15, 0.2) is 69.3 Å². The smallest absolute Gasteiger partial charge is 0.340 e. The van der Waals surface area contributed by atoms with Crippen molar-refractivity contribution >= 4 is 21.9 Å². The molecule has 2 heterocycles. The fraction of sp³-hybridized carbons (Fsp3) is 0.259. The van der Waals surface area contributed by atoms with Gasteiger partial charge in [0, 0.05) is 22.8 Å². The number of hydrogen-bond donors (Lipinski definition) is 1. The predicted octanol–water partition coefficient (Wildman–Crippen LogP) is 4.05. The summed E-state index contributed by atoms with van der Waals surface area (Å²) < 4.78 is 24.0. The minimum absolute atomic E-state index is 0.0795. The van der Waals surface area contributed by atoms with Crippen LogP contribution in [0.3, 0.4) is 0 Å². The van der Waals surface area contributed by atoms with Gasteiger partial charge in [0.15, 0.2) is 11.5 Å². The summed E-state index contributed by atoms with van der Waals surface area (Å²) in [7, 11) is 4.44. The molecule has 1 aliphatic rings. The SMILES string of the molecule is COC(=O)C1=C(N)Oc2cc(C)n(CCc3ccc(OC)c(OC)c3)c(=O)c2C1c1ccc(Br)cc1. The van der Waals surface area contributed by atoms with Crippen LogP contribution in [0.4, 0.5) is 0 Å². The Morgan fingerprint density at radius 1 is 1.06 bits per heavy atom. The topological polar surface area (TPSA) is 102 Å². The van der Waals surface area contributed by atoms with Crippen molar-refractivity contribution in [3.8, 4) is 17.2 Å². The van der Waals surface area contributed by atoms with Crippen molar-refractivity contribution in [1.29, 1.82) is 0 Å². The van der Waals surface area contributed by atoms with E-state index < -0.39 is 11.9 Å². The van der Waals surface area contributed by atoms with E-state index in [1.165, 1.54) is 7.11 Å². The second-order valence-corrected chi connectivity index (χ2v) is 9.23. The molecule has 0 radical (unpaired) electrons. The summed E-state index contributed by atoms with van der Waals surface area (Å²) in [5.41, 5.74) is 8.76. The Morgan fingerprint density at radius 2 is 1.75 bits per heavy atom. The molecule has 36 heavy (non-hydrogen) atoms. The molecule has 3 aromatic rings. The quantitative estimate of drug-likeness (QED) is 0.439. The molecule has 8 nitrogen and oxygen atoms in total. The van der Waals surface area contributed by atoms with Crippen LogP contribution < -0.4 is 25.5 Å². The molecule has 2 N–H and O–H groups in total. The summed E-state index contributed by atoms with van der Waals surface area (Å²) in [5.74, 6) is 0.119. The van der Waals surface area contributed by atoms with Crippen molar-refractivity contribution in [3.05, 3.63) is 97.2 Å². The Bertz CT molecular complexity index is 1390. The number of carbonyl (C=O) groups excluding carboxylic acids is 1. The number of nitrogens with zero attached hydrogens (tertiary/aromatic N) is 1. The Kier molecular flexibility index (Phi) is 7.40. The van der Waals surface area contributed by atoms with Gasteiger partial charge in [-0.3, -0.25) is 4.79 Å². The number of benzene rings is 2. The summed E-state index contributed by atoms with van der Waals surface area (Å²) in [5, 5.41) is 0. The molecule has 4 rings (SSSR count). The van der Waals surface area contributed by atoms with E-state index in [0.29, 0.717) is 41.5 Å². The van der Waals surface area contributed by atoms with Gasteiger partial charge in [-0.15, -0.1) is 0 Å². The number of aryl methyl sites for hydroxylation is 2. The van der Waals surface area contributed by atoms with E-state index in [0.717, 1.165) is 15.6 Å². The Hall–Kier alpha value is -3.72. The molecule has 188 valence electrons. The zero-order chi connectivity index (χ0) is 26.0. The fourth-order valence-electron chi connectivity index (χ4n) is 4.44. The number of methoxy groups -OCH3 is 3. The van der Waals surface area contributed by atoms with E-state index in [4.69, 9.17) is 24.7 Å². The molecule has 1 aliphatic heterocycles. The van der Waals surface area contributed by atoms with Gasteiger partial charge in [0.1, 0.15) is 11.3 Å². The molecule has 0 spiro atoms. The lowest BCUT2D eigenvalue weighted by Gasteiger charge is -2.29. The number of fused-ring (bicyclic) bond motifs is 1. The second kappa shape index (κ2) is 10.5. The van der Waals surface area contributed by atoms with Crippen molar-refractivity contribution in [1.82, 2.24) is 4.57 Å². The van der Waals surface area contributed by atoms with Crippen LogP contribution in [0.1, 0.15) is 28.3 Å². The molecule has 0 fully saturated rings. The molecule has 0 bridgehead atoms. The maximum atomic E-state index is 13.9. The van der Waals surface area contributed by atoms with E-state index in [2.05, 4.69) is 15.9 Å². The third-order valence-electron chi connectivity index (χ3n) is 6.25. The molecule has 1 atom stereocenters. The Labute approximate surface area is 217 Å². The summed E-state index contributed by atoms with van der Waals surface area (Å²) >= 11 is 3.43. The molecule has 1 aromatic heterocycles. The van der Waals surface area contributed by atoms with Crippen LogP contribution >= 0.6 is 15.9 Å². The minimum atomic E-state index is -0.741.